The zero-order valence-electron chi connectivity index (χ0n) is 9.75. The van der Waals surface area contributed by atoms with Crippen LogP contribution in [-0.2, 0) is 6.42 Å². The number of rotatable bonds is 7. The molecule has 1 rings (SSSR count). The van der Waals surface area contributed by atoms with Gasteiger partial charge >= 0.3 is 0 Å². The van der Waals surface area contributed by atoms with Crippen molar-refractivity contribution in [2.75, 3.05) is 20.7 Å². The molecule has 0 fully saturated rings. The standard InChI is InChI=1S/C13H21NO/c1-14-11-5-3-4-6-12-7-9-13(15-2)10-8-12/h7-10,14H,3-6,11H2,1-2H3. The highest BCUT2D eigenvalue weighted by Gasteiger charge is 1.94. The van der Waals surface area contributed by atoms with Crippen LogP contribution in [-0.4, -0.2) is 20.7 Å². The molecule has 1 aromatic rings. The number of hydrogen-bond acceptors (Lipinski definition) is 2. The summed E-state index contributed by atoms with van der Waals surface area (Å²) >= 11 is 0. The largest absolute Gasteiger partial charge is 0.497 e. The van der Waals surface area contributed by atoms with Crippen molar-refractivity contribution in [3.05, 3.63) is 29.8 Å². The molecule has 1 N–H and O–H groups in total. The molecule has 0 aliphatic rings. The average molecular weight is 207 g/mol. The number of nitrogens with one attached hydrogen (secondary N) is 1. The van der Waals surface area contributed by atoms with Crippen LogP contribution in [0.2, 0.25) is 0 Å². The number of benzene rings is 1. The molecule has 0 spiro atoms. The van der Waals surface area contributed by atoms with Crippen LogP contribution in [0.25, 0.3) is 0 Å². The summed E-state index contributed by atoms with van der Waals surface area (Å²) in [7, 11) is 3.70. The van der Waals surface area contributed by atoms with E-state index in [0.29, 0.717) is 0 Å². The maximum Gasteiger partial charge on any atom is 0.118 e. The van der Waals surface area contributed by atoms with E-state index in [4.69, 9.17) is 4.74 Å². The fraction of sp³-hybridized carbons (Fsp3) is 0.538. The number of aryl methyl sites for hydroxylation is 1. The lowest BCUT2D eigenvalue weighted by molar-refractivity contribution is 0.414. The molecule has 1 aromatic carbocycles. The highest BCUT2D eigenvalue weighted by Crippen LogP contribution is 2.13. The van der Waals surface area contributed by atoms with Gasteiger partial charge in [-0.3, -0.25) is 0 Å². The van der Waals surface area contributed by atoms with Crippen LogP contribution in [0, 0.1) is 0 Å². The van der Waals surface area contributed by atoms with E-state index in [0.717, 1.165) is 12.3 Å². The molecule has 0 bridgehead atoms. The van der Waals surface area contributed by atoms with Crippen molar-refractivity contribution < 1.29 is 4.74 Å². The van der Waals surface area contributed by atoms with E-state index >= 15 is 0 Å². The first-order valence-electron chi connectivity index (χ1n) is 5.64. The zero-order chi connectivity index (χ0) is 10.9. The third-order valence-electron chi connectivity index (χ3n) is 2.55. The van der Waals surface area contributed by atoms with Gasteiger partial charge in [0.2, 0.25) is 0 Å². The van der Waals surface area contributed by atoms with E-state index in [-0.39, 0.29) is 0 Å². The van der Waals surface area contributed by atoms with Crippen molar-refractivity contribution in [2.45, 2.75) is 25.7 Å². The molecular weight excluding hydrogens is 186 g/mol. The molecule has 2 heteroatoms. The van der Waals surface area contributed by atoms with Crippen LogP contribution in [0.5, 0.6) is 5.75 Å². The minimum atomic E-state index is 0.939. The Morgan fingerprint density at radius 3 is 2.40 bits per heavy atom. The van der Waals surface area contributed by atoms with Crippen molar-refractivity contribution >= 4 is 0 Å². The molecule has 0 aliphatic heterocycles. The quantitative estimate of drug-likeness (QED) is 0.694. The Morgan fingerprint density at radius 1 is 1.07 bits per heavy atom. The Kier molecular flexibility index (Phi) is 5.86. The molecule has 0 heterocycles. The lowest BCUT2D eigenvalue weighted by atomic mass is 10.1. The minimum Gasteiger partial charge on any atom is -0.497 e. The van der Waals surface area contributed by atoms with Crippen LogP contribution in [0.3, 0.4) is 0 Å². The van der Waals surface area contributed by atoms with Crippen LogP contribution in [0.1, 0.15) is 24.8 Å². The maximum absolute atomic E-state index is 5.12. The van der Waals surface area contributed by atoms with Crippen LogP contribution >= 0.6 is 0 Å². The van der Waals surface area contributed by atoms with Crippen LogP contribution in [0.15, 0.2) is 24.3 Å². The number of methoxy groups -OCH3 is 1. The lowest BCUT2D eigenvalue weighted by Gasteiger charge is -2.03. The summed E-state index contributed by atoms with van der Waals surface area (Å²) in [6.07, 6.45) is 5.02. The monoisotopic (exact) mass is 207 g/mol. The summed E-state index contributed by atoms with van der Waals surface area (Å²) in [5, 5.41) is 3.16. The predicted octanol–water partition coefficient (Wildman–Crippen LogP) is 2.63. The Morgan fingerprint density at radius 2 is 1.80 bits per heavy atom. The van der Waals surface area contributed by atoms with Gasteiger partial charge in [0.1, 0.15) is 5.75 Å². The van der Waals surface area contributed by atoms with E-state index in [9.17, 15) is 0 Å². The van der Waals surface area contributed by atoms with Gasteiger partial charge in [0, 0.05) is 0 Å². The van der Waals surface area contributed by atoms with Gasteiger partial charge < -0.3 is 10.1 Å². The highest BCUT2D eigenvalue weighted by molar-refractivity contribution is 5.27. The van der Waals surface area contributed by atoms with E-state index in [1.807, 2.05) is 19.2 Å². The van der Waals surface area contributed by atoms with Gasteiger partial charge in [-0.2, -0.15) is 0 Å². The smallest absolute Gasteiger partial charge is 0.118 e. The summed E-state index contributed by atoms with van der Waals surface area (Å²) in [6.45, 7) is 1.13. The lowest BCUT2D eigenvalue weighted by Crippen LogP contribution is -2.07. The fourth-order valence-electron chi connectivity index (χ4n) is 1.60. The second kappa shape index (κ2) is 7.30. The molecule has 0 radical (unpaired) electrons. The topological polar surface area (TPSA) is 21.3 Å². The summed E-state index contributed by atoms with van der Waals surface area (Å²) in [4.78, 5) is 0. The van der Waals surface area contributed by atoms with E-state index in [2.05, 4.69) is 17.4 Å². The third-order valence-corrected chi connectivity index (χ3v) is 2.55. The molecule has 2 nitrogen and oxygen atoms in total. The van der Waals surface area contributed by atoms with Crippen molar-refractivity contribution in [2.24, 2.45) is 0 Å². The zero-order valence-corrected chi connectivity index (χ0v) is 9.75. The molecule has 0 aliphatic carbocycles. The van der Waals surface area contributed by atoms with Crippen LogP contribution < -0.4 is 10.1 Å². The van der Waals surface area contributed by atoms with Gasteiger partial charge in [-0.1, -0.05) is 18.6 Å². The maximum atomic E-state index is 5.12. The van der Waals surface area contributed by atoms with Crippen molar-refractivity contribution in [3.8, 4) is 5.75 Å². The summed E-state index contributed by atoms with van der Waals surface area (Å²) < 4.78 is 5.12. The summed E-state index contributed by atoms with van der Waals surface area (Å²) in [6, 6.07) is 8.36. The third kappa shape index (κ3) is 4.84. The second-order valence-corrected chi connectivity index (χ2v) is 3.76. The highest BCUT2D eigenvalue weighted by atomic mass is 16.5. The van der Waals surface area contributed by atoms with Gasteiger partial charge in [-0.25, -0.2) is 0 Å². The molecular formula is C13H21NO. The first-order valence-corrected chi connectivity index (χ1v) is 5.64. The van der Waals surface area contributed by atoms with Crippen LogP contribution in [0.4, 0.5) is 0 Å². The first kappa shape index (κ1) is 12.1. The molecule has 0 unspecified atom stereocenters. The number of ether oxygens (including phenoxy) is 1. The molecule has 0 amide bonds. The molecule has 0 saturated carbocycles. The Hall–Kier alpha value is -1.02. The molecule has 0 atom stereocenters. The van der Waals surface area contributed by atoms with Gasteiger partial charge in [0.15, 0.2) is 0 Å². The second-order valence-electron chi connectivity index (χ2n) is 3.76. The molecule has 0 saturated heterocycles. The molecule has 84 valence electrons. The van der Waals surface area contributed by atoms with E-state index in [1.165, 1.54) is 31.2 Å². The van der Waals surface area contributed by atoms with E-state index in [1.54, 1.807) is 7.11 Å². The first-order chi connectivity index (χ1) is 7.36. The Labute approximate surface area is 92.6 Å². The SMILES string of the molecule is CNCCCCCc1ccc(OC)cc1. The summed E-state index contributed by atoms with van der Waals surface area (Å²) in [5.74, 6) is 0.939. The normalized spacial score (nSPS) is 10.3. The predicted molar refractivity (Wildman–Crippen MR) is 64.5 cm³/mol. The fourth-order valence-corrected chi connectivity index (χ4v) is 1.60. The van der Waals surface area contributed by atoms with Crippen molar-refractivity contribution in [1.29, 1.82) is 0 Å². The van der Waals surface area contributed by atoms with Gasteiger partial charge in [0.25, 0.3) is 0 Å². The van der Waals surface area contributed by atoms with Gasteiger partial charge in [0.05, 0.1) is 7.11 Å². The number of unbranched alkanes of at least 4 members (excludes halogenated alkanes) is 2. The Balaban J connectivity index is 2.20. The average Bonchev–Trinajstić information content (AvgIpc) is 2.30. The number of hydrogen-bond donors (Lipinski definition) is 1. The van der Waals surface area contributed by atoms with E-state index < -0.39 is 0 Å². The Bertz CT molecular complexity index is 256. The van der Waals surface area contributed by atoms with Gasteiger partial charge in [-0.05, 0) is 50.6 Å². The molecule has 15 heavy (non-hydrogen) atoms. The van der Waals surface area contributed by atoms with Crippen molar-refractivity contribution in [3.63, 3.8) is 0 Å². The summed E-state index contributed by atoms with van der Waals surface area (Å²) in [5.41, 5.74) is 1.40. The molecule has 0 aromatic heterocycles. The van der Waals surface area contributed by atoms with Gasteiger partial charge in [-0.15, -0.1) is 0 Å². The van der Waals surface area contributed by atoms with Crippen molar-refractivity contribution in [1.82, 2.24) is 5.32 Å². The minimum absolute atomic E-state index is 0.939.